The summed E-state index contributed by atoms with van der Waals surface area (Å²) in [6.45, 7) is 1.98. The predicted octanol–water partition coefficient (Wildman–Crippen LogP) is 4.14. The summed E-state index contributed by atoms with van der Waals surface area (Å²) in [5, 5.41) is 0. The molecule has 1 aromatic rings. The highest BCUT2D eigenvalue weighted by Gasteiger charge is 2.23. The number of hydrogen-bond acceptors (Lipinski definition) is 1. The first-order valence-corrected chi connectivity index (χ1v) is 6.20. The van der Waals surface area contributed by atoms with Gasteiger partial charge < -0.3 is 5.73 Å². The molecule has 1 fully saturated rings. The van der Waals surface area contributed by atoms with Crippen molar-refractivity contribution < 1.29 is 4.39 Å². The maximum absolute atomic E-state index is 13.7. The van der Waals surface area contributed by atoms with E-state index in [9.17, 15) is 4.39 Å². The Morgan fingerprint density at radius 3 is 2.53 bits per heavy atom. The van der Waals surface area contributed by atoms with Crippen molar-refractivity contribution in [1.29, 1.82) is 0 Å². The van der Waals surface area contributed by atoms with Gasteiger partial charge in [-0.1, -0.05) is 37.0 Å². The standard InChI is InChI=1S/C14H20FN.ClH/c1-10-7-8-13(15)12(9-10)14(16)11-5-3-2-4-6-11;/h7-9,11,14H,2-6,16H2,1H3;1H/t14-;/m0./s1. The van der Waals surface area contributed by atoms with Crippen LogP contribution in [0.15, 0.2) is 18.2 Å². The predicted molar refractivity (Wildman–Crippen MR) is 71.9 cm³/mol. The molecular weight excluding hydrogens is 237 g/mol. The van der Waals surface area contributed by atoms with Crippen LogP contribution in [0.2, 0.25) is 0 Å². The van der Waals surface area contributed by atoms with Crippen LogP contribution in [0.4, 0.5) is 4.39 Å². The van der Waals surface area contributed by atoms with E-state index in [1.807, 2.05) is 13.0 Å². The lowest BCUT2D eigenvalue weighted by atomic mass is 9.81. The van der Waals surface area contributed by atoms with Crippen molar-refractivity contribution in [2.75, 3.05) is 0 Å². The Kier molecular flexibility index (Phi) is 5.41. The molecule has 0 amide bonds. The first-order valence-electron chi connectivity index (χ1n) is 6.20. The number of hydrogen-bond donors (Lipinski definition) is 1. The highest BCUT2D eigenvalue weighted by molar-refractivity contribution is 5.85. The highest BCUT2D eigenvalue weighted by Crippen LogP contribution is 2.33. The van der Waals surface area contributed by atoms with Gasteiger partial charge in [0, 0.05) is 11.6 Å². The SMILES string of the molecule is Cc1ccc(F)c([C@@H](N)C2CCCCC2)c1.Cl. The summed E-state index contributed by atoms with van der Waals surface area (Å²) >= 11 is 0. The first-order chi connectivity index (χ1) is 7.68. The second kappa shape index (κ2) is 6.36. The van der Waals surface area contributed by atoms with E-state index >= 15 is 0 Å². The smallest absolute Gasteiger partial charge is 0.127 e. The Morgan fingerprint density at radius 2 is 1.88 bits per heavy atom. The third-order valence-corrected chi connectivity index (χ3v) is 3.67. The van der Waals surface area contributed by atoms with Crippen molar-refractivity contribution in [2.24, 2.45) is 11.7 Å². The summed E-state index contributed by atoms with van der Waals surface area (Å²) in [6, 6.07) is 5.11. The molecule has 1 saturated carbocycles. The van der Waals surface area contributed by atoms with Gasteiger partial charge in [-0.2, -0.15) is 0 Å². The molecule has 2 N–H and O–H groups in total. The number of halogens is 2. The average Bonchev–Trinajstić information content (AvgIpc) is 2.32. The first kappa shape index (κ1) is 14.5. The van der Waals surface area contributed by atoms with E-state index in [2.05, 4.69) is 0 Å². The van der Waals surface area contributed by atoms with Crippen molar-refractivity contribution in [2.45, 2.75) is 45.1 Å². The zero-order valence-corrected chi connectivity index (χ0v) is 11.1. The number of benzene rings is 1. The van der Waals surface area contributed by atoms with Gasteiger partial charge in [0.1, 0.15) is 5.82 Å². The fraction of sp³-hybridized carbons (Fsp3) is 0.571. The van der Waals surface area contributed by atoms with E-state index in [0.29, 0.717) is 11.5 Å². The molecule has 0 radical (unpaired) electrons. The zero-order valence-electron chi connectivity index (χ0n) is 10.3. The lowest BCUT2D eigenvalue weighted by Crippen LogP contribution is -2.24. The van der Waals surface area contributed by atoms with Crippen LogP contribution < -0.4 is 5.73 Å². The summed E-state index contributed by atoms with van der Waals surface area (Å²) in [4.78, 5) is 0. The average molecular weight is 258 g/mol. The second-order valence-electron chi connectivity index (χ2n) is 4.95. The van der Waals surface area contributed by atoms with E-state index < -0.39 is 0 Å². The minimum atomic E-state index is -0.149. The minimum absolute atomic E-state index is 0. The molecule has 0 bridgehead atoms. The molecule has 0 heterocycles. The van der Waals surface area contributed by atoms with Gasteiger partial charge in [-0.05, 0) is 31.7 Å². The van der Waals surface area contributed by atoms with Crippen LogP contribution in [-0.2, 0) is 0 Å². The van der Waals surface area contributed by atoms with E-state index in [1.54, 1.807) is 6.07 Å². The summed E-state index contributed by atoms with van der Waals surface area (Å²) in [6.07, 6.45) is 6.08. The van der Waals surface area contributed by atoms with Gasteiger partial charge in [-0.25, -0.2) is 4.39 Å². The molecule has 96 valence electrons. The molecule has 1 atom stereocenters. The molecule has 1 aliphatic rings. The fourth-order valence-corrected chi connectivity index (χ4v) is 2.67. The Labute approximate surface area is 109 Å². The number of rotatable bonds is 2. The molecule has 0 saturated heterocycles. The highest BCUT2D eigenvalue weighted by atomic mass is 35.5. The lowest BCUT2D eigenvalue weighted by molar-refractivity contribution is 0.303. The van der Waals surface area contributed by atoms with Gasteiger partial charge in [0.15, 0.2) is 0 Å². The van der Waals surface area contributed by atoms with Crippen molar-refractivity contribution in [3.05, 3.63) is 35.1 Å². The molecule has 2 rings (SSSR count). The van der Waals surface area contributed by atoms with Gasteiger partial charge in [0.05, 0.1) is 0 Å². The van der Waals surface area contributed by atoms with Crippen molar-refractivity contribution in [3.63, 3.8) is 0 Å². The molecule has 1 aliphatic carbocycles. The van der Waals surface area contributed by atoms with Crippen LogP contribution in [0.25, 0.3) is 0 Å². The van der Waals surface area contributed by atoms with E-state index in [0.717, 1.165) is 18.4 Å². The van der Waals surface area contributed by atoms with Gasteiger partial charge in [-0.3, -0.25) is 0 Å². The number of nitrogens with two attached hydrogens (primary N) is 1. The quantitative estimate of drug-likeness (QED) is 0.847. The summed E-state index contributed by atoms with van der Waals surface area (Å²) in [5.41, 5.74) is 7.99. The van der Waals surface area contributed by atoms with Crippen LogP contribution in [0.1, 0.15) is 49.3 Å². The normalized spacial score (nSPS) is 18.5. The van der Waals surface area contributed by atoms with Crippen LogP contribution in [-0.4, -0.2) is 0 Å². The van der Waals surface area contributed by atoms with Crippen LogP contribution in [0.3, 0.4) is 0 Å². The Hall–Kier alpha value is -0.600. The Balaban J connectivity index is 0.00000144. The van der Waals surface area contributed by atoms with E-state index in [-0.39, 0.29) is 24.3 Å². The van der Waals surface area contributed by atoms with Gasteiger partial charge in [0.2, 0.25) is 0 Å². The third kappa shape index (κ3) is 3.43. The van der Waals surface area contributed by atoms with E-state index in [1.165, 1.54) is 25.3 Å². The van der Waals surface area contributed by atoms with Crippen LogP contribution in [0, 0.1) is 18.7 Å². The zero-order chi connectivity index (χ0) is 11.5. The Morgan fingerprint density at radius 1 is 1.24 bits per heavy atom. The minimum Gasteiger partial charge on any atom is -0.324 e. The third-order valence-electron chi connectivity index (χ3n) is 3.67. The molecule has 3 heteroatoms. The van der Waals surface area contributed by atoms with Crippen molar-refractivity contribution in [3.8, 4) is 0 Å². The van der Waals surface area contributed by atoms with E-state index in [4.69, 9.17) is 5.73 Å². The van der Waals surface area contributed by atoms with Gasteiger partial charge >= 0.3 is 0 Å². The lowest BCUT2D eigenvalue weighted by Gasteiger charge is -2.28. The maximum Gasteiger partial charge on any atom is 0.127 e. The molecule has 0 unspecified atom stereocenters. The van der Waals surface area contributed by atoms with Crippen molar-refractivity contribution >= 4 is 12.4 Å². The molecular formula is C14H21ClFN. The van der Waals surface area contributed by atoms with Crippen molar-refractivity contribution in [1.82, 2.24) is 0 Å². The largest absolute Gasteiger partial charge is 0.324 e. The summed E-state index contributed by atoms with van der Waals surface area (Å²) < 4.78 is 13.7. The summed E-state index contributed by atoms with van der Waals surface area (Å²) in [7, 11) is 0. The van der Waals surface area contributed by atoms with Gasteiger partial charge in [0.25, 0.3) is 0 Å². The molecule has 0 aliphatic heterocycles. The summed E-state index contributed by atoms with van der Waals surface area (Å²) in [5.74, 6) is 0.314. The van der Waals surface area contributed by atoms with Crippen LogP contribution >= 0.6 is 12.4 Å². The molecule has 1 aromatic carbocycles. The maximum atomic E-state index is 13.7. The fourth-order valence-electron chi connectivity index (χ4n) is 2.67. The topological polar surface area (TPSA) is 26.0 Å². The monoisotopic (exact) mass is 257 g/mol. The Bertz CT molecular complexity index is 361. The molecule has 17 heavy (non-hydrogen) atoms. The molecule has 0 aromatic heterocycles. The van der Waals surface area contributed by atoms with Crippen LogP contribution in [0.5, 0.6) is 0 Å². The number of aryl methyl sites for hydroxylation is 1. The molecule has 0 spiro atoms. The molecule has 1 nitrogen and oxygen atoms in total. The second-order valence-corrected chi connectivity index (χ2v) is 4.95. The van der Waals surface area contributed by atoms with Gasteiger partial charge in [-0.15, -0.1) is 12.4 Å².